The molecule has 8 heteroatoms. The summed E-state index contributed by atoms with van der Waals surface area (Å²) >= 11 is 0. The van der Waals surface area contributed by atoms with Crippen molar-refractivity contribution >= 4 is 27.5 Å². The fraction of sp³-hybridized carbons (Fsp3) is 0.188. The molecule has 0 saturated carbocycles. The molecule has 2 aromatic rings. The molecular weight excluding hydrogens is 333 g/mol. The summed E-state index contributed by atoms with van der Waals surface area (Å²) in [4.78, 5) is 12.2. The number of benzene rings is 2. The summed E-state index contributed by atoms with van der Waals surface area (Å²) in [6, 6.07) is 13.6. The van der Waals surface area contributed by atoms with Gasteiger partial charge in [0.25, 0.3) is 0 Å². The van der Waals surface area contributed by atoms with E-state index in [0.717, 1.165) is 8.61 Å². The molecular formula is C16H18FN3O3S. The van der Waals surface area contributed by atoms with E-state index < -0.39 is 28.5 Å². The smallest absolute Gasteiger partial charge is 0.304 e. The van der Waals surface area contributed by atoms with E-state index in [9.17, 15) is 17.6 Å². The average Bonchev–Trinajstić information content (AvgIpc) is 2.55. The molecule has 0 aliphatic heterocycles. The van der Waals surface area contributed by atoms with Gasteiger partial charge in [0.2, 0.25) is 5.91 Å². The lowest BCUT2D eigenvalue weighted by Gasteiger charge is -2.26. The minimum atomic E-state index is -3.84. The maximum atomic E-state index is 12.9. The van der Waals surface area contributed by atoms with E-state index in [-0.39, 0.29) is 0 Å². The maximum absolute atomic E-state index is 12.9. The van der Waals surface area contributed by atoms with E-state index >= 15 is 0 Å². The van der Waals surface area contributed by atoms with Crippen LogP contribution in [-0.4, -0.2) is 39.3 Å². The molecule has 128 valence electrons. The van der Waals surface area contributed by atoms with E-state index in [1.807, 2.05) is 0 Å². The molecule has 1 N–H and O–H groups in total. The summed E-state index contributed by atoms with van der Waals surface area (Å²) in [7, 11) is -1.06. The predicted octanol–water partition coefficient (Wildman–Crippen LogP) is 2.08. The molecule has 0 spiro atoms. The summed E-state index contributed by atoms with van der Waals surface area (Å²) in [6.07, 6.45) is 0. The number of carbonyl (C=O) groups excluding carboxylic acids is 1. The number of halogens is 1. The van der Waals surface area contributed by atoms with Gasteiger partial charge in [0.15, 0.2) is 0 Å². The van der Waals surface area contributed by atoms with Crippen LogP contribution in [0.15, 0.2) is 54.6 Å². The number of anilines is 2. The fourth-order valence-corrected chi connectivity index (χ4v) is 3.02. The second-order valence-corrected chi connectivity index (χ2v) is 7.25. The van der Waals surface area contributed by atoms with Crippen LogP contribution in [0.5, 0.6) is 0 Å². The summed E-state index contributed by atoms with van der Waals surface area (Å²) in [5.74, 6) is -0.954. The first-order valence-corrected chi connectivity index (χ1v) is 8.51. The minimum Gasteiger partial charge on any atom is -0.325 e. The molecule has 0 aliphatic rings. The molecule has 0 unspecified atom stereocenters. The van der Waals surface area contributed by atoms with Gasteiger partial charge >= 0.3 is 10.2 Å². The number of hydrogen-bond donors (Lipinski definition) is 1. The quantitative estimate of drug-likeness (QED) is 0.866. The lowest BCUT2D eigenvalue weighted by atomic mass is 10.3. The zero-order valence-corrected chi connectivity index (χ0v) is 14.1. The number of amides is 1. The number of nitrogens with one attached hydrogen (secondary N) is 1. The third-order valence-electron chi connectivity index (χ3n) is 3.20. The van der Waals surface area contributed by atoms with Gasteiger partial charge in [-0.15, -0.1) is 0 Å². The van der Waals surface area contributed by atoms with Gasteiger partial charge in [0.1, 0.15) is 12.4 Å². The zero-order valence-electron chi connectivity index (χ0n) is 13.3. The van der Waals surface area contributed by atoms with Crippen LogP contribution in [0.2, 0.25) is 0 Å². The third kappa shape index (κ3) is 4.30. The number of nitrogens with zero attached hydrogens (tertiary/aromatic N) is 2. The Bertz CT molecular complexity index is 793. The number of carbonyl (C=O) groups is 1. The van der Waals surface area contributed by atoms with Crippen LogP contribution in [0.4, 0.5) is 15.8 Å². The molecule has 2 aromatic carbocycles. The molecule has 0 heterocycles. The van der Waals surface area contributed by atoms with E-state index in [0.29, 0.717) is 11.4 Å². The van der Waals surface area contributed by atoms with Gasteiger partial charge in [0, 0.05) is 19.8 Å². The van der Waals surface area contributed by atoms with E-state index in [1.54, 1.807) is 30.3 Å². The van der Waals surface area contributed by atoms with Gasteiger partial charge in [-0.25, -0.2) is 8.70 Å². The third-order valence-corrected chi connectivity index (χ3v) is 5.02. The maximum Gasteiger partial charge on any atom is 0.304 e. The molecule has 0 atom stereocenters. The Balaban J connectivity index is 2.22. The minimum absolute atomic E-state index is 0.375. The van der Waals surface area contributed by atoms with Gasteiger partial charge < -0.3 is 5.32 Å². The molecule has 0 radical (unpaired) electrons. The lowest BCUT2D eigenvalue weighted by Crippen LogP contribution is -2.44. The molecule has 0 saturated heterocycles. The second-order valence-electron chi connectivity index (χ2n) is 5.19. The van der Waals surface area contributed by atoms with Crippen LogP contribution < -0.4 is 9.62 Å². The molecule has 1 amide bonds. The van der Waals surface area contributed by atoms with Crippen molar-refractivity contribution < 1.29 is 17.6 Å². The first-order valence-electron chi connectivity index (χ1n) is 7.11. The first-order chi connectivity index (χ1) is 11.3. The largest absolute Gasteiger partial charge is 0.325 e. The Morgan fingerprint density at radius 1 is 1.04 bits per heavy atom. The molecule has 0 bridgehead atoms. The number of rotatable bonds is 6. The monoisotopic (exact) mass is 351 g/mol. The van der Waals surface area contributed by atoms with Crippen LogP contribution in [0, 0.1) is 5.82 Å². The highest BCUT2D eigenvalue weighted by Gasteiger charge is 2.27. The van der Waals surface area contributed by atoms with Crippen molar-refractivity contribution in [3.8, 4) is 0 Å². The molecule has 0 aromatic heterocycles. The van der Waals surface area contributed by atoms with Crippen LogP contribution >= 0.6 is 0 Å². The highest BCUT2D eigenvalue weighted by Crippen LogP contribution is 2.19. The van der Waals surface area contributed by atoms with E-state index in [1.165, 1.54) is 38.4 Å². The SMILES string of the molecule is CN(C)S(=O)(=O)N(CC(=O)Nc1ccc(F)cc1)c1ccccc1. The summed E-state index contributed by atoms with van der Waals surface area (Å²) in [5, 5.41) is 2.55. The zero-order chi connectivity index (χ0) is 17.7. The topological polar surface area (TPSA) is 69.7 Å². The van der Waals surface area contributed by atoms with Crippen molar-refractivity contribution in [2.45, 2.75) is 0 Å². The van der Waals surface area contributed by atoms with E-state index in [4.69, 9.17) is 0 Å². The Kier molecular flexibility index (Phi) is 5.53. The molecule has 2 rings (SSSR count). The van der Waals surface area contributed by atoms with Crippen molar-refractivity contribution in [1.82, 2.24) is 4.31 Å². The number of hydrogen-bond acceptors (Lipinski definition) is 3. The van der Waals surface area contributed by atoms with Gasteiger partial charge in [-0.3, -0.25) is 4.79 Å². The summed E-state index contributed by atoms with van der Waals surface area (Å²) < 4.78 is 39.9. The van der Waals surface area contributed by atoms with Crippen LogP contribution in [0.25, 0.3) is 0 Å². The fourth-order valence-electron chi connectivity index (χ4n) is 1.96. The number of para-hydroxylation sites is 1. The van der Waals surface area contributed by atoms with Gasteiger partial charge in [-0.2, -0.15) is 12.7 Å². The van der Waals surface area contributed by atoms with Gasteiger partial charge in [-0.1, -0.05) is 18.2 Å². The van der Waals surface area contributed by atoms with Crippen molar-refractivity contribution in [3.05, 3.63) is 60.4 Å². The summed E-state index contributed by atoms with van der Waals surface area (Å²) in [5.41, 5.74) is 0.761. The van der Waals surface area contributed by atoms with Crippen molar-refractivity contribution in [3.63, 3.8) is 0 Å². The predicted molar refractivity (Wildman–Crippen MR) is 91.4 cm³/mol. The highest BCUT2D eigenvalue weighted by molar-refractivity contribution is 7.90. The normalized spacial score (nSPS) is 11.3. The van der Waals surface area contributed by atoms with Crippen LogP contribution in [0.1, 0.15) is 0 Å². The summed E-state index contributed by atoms with van der Waals surface area (Å²) in [6.45, 7) is -0.401. The molecule has 6 nitrogen and oxygen atoms in total. The lowest BCUT2D eigenvalue weighted by molar-refractivity contribution is -0.114. The average molecular weight is 351 g/mol. The first kappa shape index (κ1) is 17.9. The van der Waals surface area contributed by atoms with Gasteiger partial charge in [-0.05, 0) is 36.4 Å². The standard InChI is InChI=1S/C16H18FN3O3S/c1-19(2)24(22,23)20(15-6-4-3-5-7-15)12-16(21)18-14-10-8-13(17)9-11-14/h3-11H,12H2,1-2H3,(H,18,21). The highest BCUT2D eigenvalue weighted by atomic mass is 32.2. The molecule has 0 aliphatic carbocycles. The molecule has 0 fully saturated rings. The van der Waals surface area contributed by atoms with Crippen LogP contribution in [0.3, 0.4) is 0 Å². The van der Waals surface area contributed by atoms with Gasteiger partial charge in [0.05, 0.1) is 5.69 Å². The Morgan fingerprint density at radius 2 is 1.62 bits per heavy atom. The second kappa shape index (κ2) is 7.41. The van der Waals surface area contributed by atoms with Crippen molar-refractivity contribution in [2.75, 3.05) is 30.3 Å². The van der Waals surface area contributed by atoms with Crippen molar-refractivity contribution in [2.24, 2.45) is 0 Å². The van der Waals surface area contributed by atoms with E-state index in [2.05, 4.69) is 5.32 Å². The molecule has 24 heavy (non-hydrogen) atoms. The van der Waals surface area contributed by atoms with Crippen LogP contribution in [-0.2, 0) is 15.0 Å². The Hall–Kier alpha value is -2.45. The Morgan fingerprint density at radius 3 is 2.17 bits per heavy atom. The van der Waals surface area contributed by atoms with Crippen molar-refractivity contribution in [1.29, 1.82) is 0 Å². The Labute approximate surface area is 140 Å².